The van der Waals surface area contributed by atoms with Crippen LogP contribution in [0.1, 0.15) is 72.5 Å². The van der Waals surface area contributed by atoms with E-state index in [9.17, 15) is 9.18 Å². The van der Waals surface area contributed by atoms with E-state index in [1.165, 1.54) is 6.20 Å². The summed E-state index contributed by atoms with van der Waals surface area (Å²) in [6.07, 6.45) is 2.72. The van der Waals surface area contributed by atoms with E-state index in [4.69, 9.17) is 0 Å². The molecule has 1 atom stereocenters. The van der Waals surface area contributed by atoms with E-state index < -0.39 is 11.4 Å². The monoisotopic (exact) mass is 460 g/mol. The number of aryl methyl sites for hydroxylation is 1. The summed E-state index contributed by atoms with van der Waals surface area (Å²) in [5, 5.41) is 13.9. The van der Waals surface area contributed by atoms with Crippen molar-refractivity contribution in [2.75, 3.05) is 18.4 Å². The molecule has 0 spiro atoms. The summed E-state index contributed by atoms with van der Waals surface area (Å²) < 4.78 is 14.4. The average Bonchev–Trinajstić information content (AvgIpc) is 3.24. The molecular weight excluding hydrogens is 423 g/mol. The molecule has 0 saturated carbocycles. The fraction of sp³-hybridized carbons (Fsp3) is 0.652. The molecule has 4 rings (SSSR count). The summed E-state index contributed by atoms with van der Waals surface area (Å²) in [6, 6.07) is 0.0826. The lowest BCUT2D eigenvalue weighted by atomic mass is 9.98. The molecule has 0 aliphatic carbocycles. The van der Waals surface area contributed by atoms with Gasteiger partial charge >= 0.3 is 6.03 Å². The Hall–Kier alpha value is -2.75. The highest BCUT2D eigenvalue weighted by Crippen LogP contribution is 2.42. The number of aromatic nitrogens is 4. The fourth-order valence-electron chi connectivity index (χ4n) is 4.46. The molecule has 0 unspecified atom stereocenters. The molecule has 10 heteroatoms. The third-order valence-corrected chi connectivity index (χ3v) is 6.42. The van der Waals surface area contributed by atoms with Crippen LogP contribution in [0.25, 0.3) is 0 Å². The zero-order valence-corrected chi connectivity index (χ0v) is 19.7. The molecule has 182 valence electrons. The highest BCUT2D eigenvalue weighted by molar-refractivity contribution is 5.78. The number of nitrogens with zero attached hydrogens (tertiary/aromatic N) is 5. The second kappa shape index (κ2) is 8.89. The average molecular weight is 461 g/mol. The van der Waals surface area contributed by atoms with E-state index >= 15 is 0 Å². The molecule has 1 saturated heterocycles. The largest absolute Gasteiger partial charge is 0.321 e. The van der Waals surface area contributed by atoms with Crippen molar-refractivity contribution in [2.45, 2.75) is 85.5 Å². The Balaban J connectivity index is 0.00000306. The summed E-state index contributed by atoms with van der Waals surface area (Å²) in [4.78, 5) is 25.8. The number of carbonyl (C=O) groups is 1. The van der Waals surface area contributed by atoms with Crippen LogP contribution in [0.15, 0.2) is 6.20 Å². The van der Waals surface area contributed by atoms with Crippen molar-refractivity contribution < 1.29 is 9.18 Å². The molecule has 2 aromatic rings. The van der Waals surface area contributed by atoms with Crippen molar-refractivity contribution in [3.8, 4) is 0 Å². The van der Waals surface area contributed by atoms with E-state index in [-0.39, 0.29) is 30.9 Å². The zero-order chi connectivity index (χ0) is 23.3. The summed E-state index contributed by atoms with van der Waals surface area (Å²) in [6.45, 7) is 14.0. The highest BCUT2D eigenvalue weighted by atomic mass is 19.1. The number of rotatable bonds is 4. The number of nitrogens with one attached hydrogen (secondary N) is 3. The molecule has 4 heterocycles. The third-order valence-electron chi connectivity index (χ3n) is 6.42. The quantitative estimate of drug-likeness (QED) is 0.639. The number of aromatic amines is 1. The first-order chi connectivity index (χ1) is 15.0. The van der Waals surface area contributed by atoms with Crippen LogP contribution in [-0.4, -0.2) is 60.7 Å². The number of urea groups is 1. The van der Waals surface area contributed by atoms with E-state index in [0.717, 1.165) is 24.2 Å². The van der Waals surface area contributed by atoms with E-state index in [1.54, 1.807) is 0 Å². The number of piperazine rings is 1. The van der Waals surface area contributed by atoms with Crippen LogP contribution < -0.4 is 10.6 Å². The van der Waals surface area contributed by atoms with Crippen LogP contribution in [0.3, 0.4) is 0 Å². The van der Waals surface area contributed by atoms with Gasteiger partial charge in [0.1, 0.15) is 5.82 Å². The van der Waals surface area contributed by atoms with Crippen LogP contribution in [0, 0.1) is 5.82 Å². The lowest BCUT2D eigenvalue weighted by molar-refractivity contribution is 0.0666. The van der Waals surface area contributed by atoms with Gasteiger partial charge < -0.3 is 20.4 Å². The summed E-state index contributed by atoms with van der Waals surface area (Å²) in [5.74, 6) is 0.620. The number of amides is 2. The standard InChI is InChI=1S/C22H33FN8O.CH4/c1-7-8-16-24-10-15(23)19(26-16)27-18-14-11-31(22(5,6)17(14)28-29-18)20(32)30-12-21(3,4)25-9-13(30)2;/h10,13,25H,7-9,11-12H2,1-6H3,(H2,24,26,27,28,29);1H4/t13-;/m0./s1. The number of fused-ring (bicyclic) bond motifs is 1. The maximum Gasteiger partial charge on any atom is 0.321 e. The minimum absolute atomic E-state index is 0. The maximum absolute atomic E-state index is 14.4. The van der Waals surface area contributed by atoms with E-state index in [0.29, 0.717) is 31.2 Å². The molecule has 3 N–H and O–H groups in total. The zero-order valence-electron chi connectivity index (χ0n) is 19.7. The smallest absolute Gasteiger partial charge is 0.321 e. The van der Waals surface area contributed by atoms with Crippen molar-refractivity contribution in [3.63, 3.8) is 0 Å². The van der Waals surface area contributed by atoms with E-state index in [1.807, 2.05) is 30.6 Å². The van der Waals surface area contributed by atoms with Gasteiger partial charge in [-0.2, -0.15) is 5.10 Å². The van der Waals surface area contributed by atoms with Gasteiger partial charge in [-0.3, -0.25) is 5.10 Å². The minimum atomic E-state index is -0.578. The first-order valence-corrected chi connectivity index (χ1v) is 11.2. The van der Waals surface area contributed by atoms with Gasteiger partial charge in [-0.05, 0) is 41.0 Å². The van der Waals surface area contributed by atoms with Crippen LogP contribution >= 0.6 is 0 Å². The van der Waals surface area contributed by atoms with Crippen LogP contribution in [-0.2, 0) is 18.5 Å². The van der Waals surface area contributed by atoms with Crippen molar-refractivity contribution in [1.29, 1.82) is 0 Å². The Labute approximate surface area is 195 Å². The van der Waals surface area contributed by atoms with Crippen molar-refractivity contribution >= 4 is 17.7 Å². The van der Waals surface area contributed by atoms with Crippen molar-refractivity contribution in [2.24, 2.45) is 0 Å². The second-order valence-corrected chi connectivity index (χ2v) is 9.95. The molecule has 2 aliphatic heterocycles. The van der Waals surface area contributed by atoms with Gasteiger partial charge in [-0.25, -0.2) is 19.2 Å². The molecular formula is C23H37FN8O. The number of carbonyl (C=O) groups excluding carboxylic acids is 1. The van der Waals surface area contributed by atoms with Gasteiger partial charge in [0.2, 0.25) is 0 Å². The Kier molecular flexibility index (Phi) is 6.70. The normalized spacial score (nSPS) is 20.9. The fourth-order valence-corrected chi connectivity index (χ4v) is 4.46. The van der Waals surface area contributed by atoms with Crippen LogP contribution in [0.5, 0.6) is 0 Å². The molecule has 0 bridgehead atoms. The van der Waals surface area contributed by atoms with Gasteiger partial charge in [0.05, 0.1) is 24.0 Å². The van der Waals surface area contributed by atoms with Crippen molar-refractivity contribution in [1.82, 2.24) is 35.3 Å². The molecule has 33 heavy (non-hydrogen) atoms. The van der Waals surface area contributed by atoms with Gasteiger partial charge in [-0.1, -0.05) is 14.4 Å². The predicted molar refractivity (Wildman–Crippen MR) is 127 cm³/mol. The first-order valence-electron chi connectivity index (χ1n) is 11.2. The molecule has 2 aromatic heterocycles. The number of hydrogen-bond acceptors (Lipinski definition) is 6. The molecule has 2 aliphatic rings. The number of halogens is 1. The Morgan fingerprint density at radius 1 is 1.30 bits per heavy atom. The third kappa shape index (κ3) is 4.53. The molecule has 1 fully saturated rings. The second-order valence-electron chi connectivity index (χ2n) is 9.95. The lowest BCUT2D eigenvalue weighted by Gasteiger charge is -2.46. The molecule has 0 radical (unpaired) electrons. The van der Waals surface area contributed by atoms with Crippen molar-refractivity contribution in [3.05, 3.63) is 29.1 Å². The SMILES string of the molecule is C.CCCc1ncc(F)c(Nc2n[nH]c3c2CN(C(=O)N2CC(C)(C)NC[C@@H]2C)C3(C)C)n1. The Morgan fingerprint density at radius 3 is 2.73 bits per heavy atom. The van der Waals surface area contributed by atoms with Gasteiger partial charge in [-0.15, -0.1) is 0 Å². The summed E-state index contributed by atoms with van der Waals surface area (Å²) in [5.41, 5.74) is 0.972. The molecule has 2 amide bonds. The first kappa shape index (κ1) is 24.9. The van der Waals surface area contributed by atoms with Gasteiger partial charge in [0.25, 0.3) is 0 Å². The summed E-state index contributed by atoms with van der Waals surface area (Å²) >= 11 is 0. The Bertz CT molecular complexity index is 1020. The predicted octanol–water partition coefficient (Wildman–Crippen LogP) is 3.91. The van der Waals surface area contributed by atoms with Gasteiger partial charge in [0.15, 0.2) is 17.5 Å². The van der Waals surface area contributed by atoms with E-state index in [2.05, 4.69) is 51.6 Å². The lowest BCUT2D eigenvalue weighted by Crippen LogP contribution is -2.64. The maximum atomic E-state index is 14.4. The summed E-state index contributed by atoms with van der Waals surface area (Å²) in [7, 11) is 0. The number of hydrogen-bond donors (Lipinski definition) is 3. The number of H-pyrrole nitrogens is 1. The van der Waals surface area contributed by atoms with Gasteiger partial charge in [0, 0.05) is 36.7 Å². The Morgan fingerprint density at radius 2 is 2.03 bits per heavy atom. The van der Waals surface area contributed by atoms with Crippen LogP contribution in [0.4, 0.5) is 20.8 Å². The number of anilines is 2. The minimum Gasteiger partial charge on any atom is -0.321 e. The topological polar surface area (TPSA) is 102 Å². The highest BCUT2D eigenvalue weighted by Gasteiger charge is 2.47. The molecule has 9 nitrogen and oxygen atoms in total. The molecule has 0 aromatic carbocycles. The van der Waals surface area contributed by atoms with Crippen LogP contribution in [0.2, 0.25) is 0 Å².